The van der Waals surface area contributed by atoms with Crippen LogP contribution in [0.2, 0.25) is 0 Å². The van der Waals surface area contributed by atoms with Crippen molar-refractivity contribution in [2.24, 2.45) is 0 Å². The summed E-state index contributed by atoms with van der Waals surface area (Å²) in [5.74, 6) is -0.702. The molecule has 0 unspecified atom stereocenters. The maximum absolute atomic E-state index is 13.2. The number of nitrogens with zero attached hydrogens (tertiary/aromatic N) is 2. The molecule has 5 nitrogen and oxygen atoms in total. The summed E-state index contributed by atoms with van der Waals surface area (Å²) < 4.78 is 39.6. The molecule has 0 N–H and O–H groups in total. The summed E-state index contributed by atoms with van der Waals surface area (Å²) in [7, 11) is -3.79. The van der Waals surface area contributed by atoms with E-state index in [1.54, 1.807) is 11.8 Å². The summed E-state index contributed by atoms with van der Waals surface area (Å²) in [6.45, 7) is 7.70. The molecule has 1 aliphatic heterocycles. The van der Waals surface area contributed by atoms with Gasteiger partial charge in [0.05, 0.1) is 11.4 Å². The van der Waals surface area contributed by atoms with Gasteiger partial charge in [-0.1, -0.05) is 0 Å². The molecule has 22 heavy (non-hydrogen) atoms. The van der Waals surface area contributed by atoms with Crippen molar-refractivity contribution in [3.63, 3.8) is 0 Å². The molecular formula is C15H21FN2O3S. The first kappa shape index (κ1) is 16.9. The number of sulfonamides is 1. The monoisotopic (exact) mass is 328 g/mol. The second-order valence-electron chi connectivity index (χ2n) is 6.46. The van der Waals surface area contributed by atoms with Crippen molar-refractivity contribution in [1.82, 2.24) is 9.21 Å². The van der Waals surface area contributed by atoms with Crippen molar-refractivity contribution in [2.75, 3.05) is 19.6 Å². The van der Waals surface area contributed by atoms with Gasteiger partial charge in [-0.3, -0.25) is 4.79 Å². The zero-order valence-corrected chi connectivity index (χ0v) is 14.1. The number of halogens is 1. The largest absolute Gasteiger partial charge is 0.335 e. The number of aryl methyl sites for hydroxylation is 1. The molecule has 0 spiro atoms. The Morgan fingerprint density at radius 2 is 1.82 bits per heavy atom. The van der Waals surface area contributed by atoms with E-state index in [-0.39, 0.29) is 29.4 Å². The molecule has 0 saturated carbocycles. The van der Waals surface area contributed by atoms with Gasteiger partial charge in [0.1, 0.15) is 5.82 Å². The van der Waals surface area contributed by atoms with Crippen LogP contribution in [0.25, 0.3) is 0 Å². The molecule has 2 rings (SSSR count). The molecule has 1 aromatic rings. The minimum atomic E-state index is -3.79. The Hall–Kier alpha value is -1.47. The number of hydrogen-bond donors (Lipinski definition) is 0. The second kappa shape index (κ2) is 5.62. The van der Waals surface area contributed by atoms with E-state index in [1.807, 2.05) is 20.8 Å². The number of benzene rings is 1. The van der Waals surface area contributed by atoms with Crippen LogP contribution >= 0.6 is 0 Å². The average molecular weight is 328 g/mol. The normalized spacial score (nSPS) is 17.9. The molecular weight excluding hydrogens is 307 g/mol. The van der Waals surface area contributed by atoms with E-state index >= 15 is 0 Å². The summed E-state index contributed by atoms with van der Waals surface area (Å²) in [5.41, 5.74) is 0.00402. The first-order valence-electron chi connectivity index (χ1n) is 7.10. The SMILES string of the molecule is Cc1cc(F)ccc1S(=O)(=O)N1CCN(C(C)(C)C)C(=O)C1. The predicted octanol–water partition coefficient (Wildman–Crippen LogP) is 1.77. The van der Waals surface area contributed by atoms with Gasteiger partial charge in [0, 0.05) is 18.6 Å². The molecule has 0 aromatic heterocycles. The molecule has 0 radical (unpaired) electrons. The van der Waals surface area contributed by atoms with Gasteiger partial charge >= 0.3 is 0 Å². The lowest BCUT2D eigenvalue weighted by Crippen LogP contribution is -2.57. The zero-order valence-electron chi connectivity index (χ0n) is 13.3. The van der Waals surface area contributed by atoms with Crippen molar-refractivity contribution >= 4 is 15.9 Å². The molecule has 1 amide bonds. The van der Waals surface area contributed by atoms with E-state index in [0.29, 0.717) is 12.1 Å². The van der Waals surface area contributed by atoms with Gasteiger partial charge in [0.15, 0.2) is 0 Å². The highest BCUT2D eigenvalue weighted by atomic mass is 32.2. The quantitative estimate of drug-likeness (QED) is 0.831. The highest BCUT2D eigenvalue weighted by molar-refractivity contribution is 7.89. The number of piperazine rings is 1. The van der Waals surface area contributed by atoms with Gasteiger partial charge in [0.2, 0.25) is 15.9 Å². The number of rotatable bonds is 2. The maximum Gasteiger partial charge on any atom is 0.243 e. The molecule has 1 fully saturated rings. The standard InChI is InChI=1S/C15H21FN2O3S/c1-11-9-12(16)5-6-13(11)22(20,21)17-7-8-18(14(19)10-17)15(2,3)4/h5-6,9H,7-8,10H2,1-4H3. The van der Waals surface area contributed by atoms with Crippen LogP contribution in [0.5, 0.6) is 0 Å². The van der Waals surface area contributed by atoms with Crippen LogP contribution in [0.3, 0.4) is 0 Å². The van der Waals surface area contributed by atoms with E-state index < -0.39 is 15.8 Å². The molecule has 0 atom stereocenters. The fraction of sp³-hybridized carbons (Fsp3) is 0.533. The Morgan fingerprint density at radius 3 is 2.32 bits per heavy atom. The van der Waals surface area contributed by atoms with Gasteiger partial charge in [-0.25, -0.2) is 12.8 Å². The van der Waals surface area contributed by atoms with Crippen LogP contribution in [0.1, 0.15) is 26.3 Å². The number of carbonyl (C=O) groups excluding carboxylic acids is 1. The first-order chi connectivity index (χ1) is 10.0. The lowest BCUT2D eigenvalue weighted by molar-refractivity contribution is -0.139. The Kier molecular flexibility index (Phi) is 4.32. The molecule has 0 aliphatic carbocycles. The minimum absolute atomic E-state index is 0.0471. The molecule has 122 valence electrons. The smallest absolute Gasteiger partial charge is 0.243 e. The van der Waals surface area contributed by atoms with Crippen LogP contribution in [0.4, 0.5) is 4.39 Å². The molecule has 1 aromatic carbocycles. The summed E-state index contributed by atoms with van der Waals surface area (Å²) >= 11 is 0. The molecule has 1 heterocycles. The predicted molar refractivity (Wildman–Crippen MR) is 81.4 cm³/mol. The van der Waals surface area contributed by atoms with Gasteiger partial charge in [-0.2, -0.15) is 4.31 Å². The highest BCUT2D eigenvalue weighted by Gasteiger charge is 2.37. The summed E-state index contributed by atoms with van der Waals surface area (Å²) in [4.78, 5) is 14.0. The number of carbonyl (C=O) groups is 1. The summed E-state index contributed by atoms with van der Waals surface area (Å²) in [6.07, 6.45) is 0. The lowest BCUT2D eigenvalue weighted by atomic mass is 10.1. The number of hydrogen-bond acceptors (Lipinski definition) is 3. The topological polar surface area (TPSA) is 57.7 Å². The number of amides is 1. The van der Waals surface area contributed by atoms with Crippen molar-refractivity contribution in [1.29, 1.82) is 0 Å². The Labute approximate surface area is 130 Å². The van der Waals surface area contributed by atoms with Crippen molar-refractivity contribution in [3.05, 3.63) is 29.6 Å². The van der Waals surface area contributed by atoms with Crippen molar-refractivity contribution in [2.45, 2.75) is 38.1 Å². The molecule has 1 saturated heterocycles. The van der Waals surface area contributed by atoms with Crippen LogP contribution in [0, 0.1) is 12.7 Å². The van der Waals surface area contributed by atoms with Crippen molar-refractivity contribution < 1.29 is 17.6 Å². The fourth-order valence-electron chi connectivity index (χ4n) is 2.61. The van der Waals surface area contributed by atoms with Gasteiger partial charge in [-0.15, -0.1) is 0 Å². The zero-order chi connectivity index (χ0) is 16.7. The third-order valence-corrected chi connectivity index (χ3v) is 5.76. The van der Waals surface area contributed by atoms with Crippen LogP contribution in [0.15, 0.2) is 23.1 Å². The third-order valence-electron chi connectivity index (χ3n) is 3.75. The van der Waals surface area contributed by atoms with E-state index in [9.17, 15) is 17.6 Å². The van der Waals surface area contributed by atoms with Gasteiger partial charge in [0.25, 0.3) is 0 Å². The Morgan fingerprint density at radius 1 is 1.18 bits per heavy atom. The Bertz CT molecular complexity index is 695. The van der Waals surface area contributed by atoms with E-state index in [0.717, 1.165) is 10.4 Å². The summed E-state index contributed by atoms with van der Waals surface area (Å²) in [6, 6.07) is 3.55. The van der Waals surface area contributed by atoms with Crippen LogP contribution in [-0.2, 0) is 14.8 Å². The first-order valence-corrected chi connectivity index (χ1v) is 8.54. The summed E-state index contributed by atoms with van der Waals surface area (Å²) in [5, 5.41) is 0. The lowest BCUT2D eigenvalue weighted by Gasteiger charge is -2.41. The average Bonchev–Trinajstić information content (AvgIpc) is 2.36. The second-order valence-corrected chi connectivity index (χ2v) is 8.37. The van der Waals surface area contributed by atoms with E-state index in [4.69, 9.17) is 0 Å². The fourth-order valence-corrected chi connectivity index (χ4v) is 4.19. The van der Waals surface area contributed by atoms with Gasteiger partial charge < -0.3 is 4.90 Å². The van der Waals surface area contributed by atoms with Crippen LogP contribution in [-0.4, -0.2) is 48.7 Å². The van der Waals surface area contributed by atoms with Gasteiger partial charge in [-0.05, 0) is 51.5 Å². The molecule has 0 bridgehead atoms. The highest BCUT2D eigenvalue weighted by Crippen LogP contribution is 2.24. The van der Waals surface area contributed by atoms with E-state index in [2.05, 4.69) is 0 Å². The third kappa shape index (κ3) is 3.15. The molecule has 7 heteroatoms. The van der Waals surface area contributed by atoms with Crippen molar-refractivity contribution in [3.8, 4) is 0 Å². The minimum Gasteiger partial charge on any atom is -0.335 e. The van der Waals surface area contributed by atoms with Crippen LogP contribution < -0.4 is 0 Å². The Balaban J connectivity index is 2.28. The molecule has 1 aliphatic rings. The van der Waals surface area contributed by atoms with E-state index in [1.165, 1.54) is 12.1 Å². The maximum atomic E-state index is 13.2.